The van der Waals surface area contributed by atoms with Gasteiger partial charge in [-0.05, 0) is 36.4 Å². The summed E-state index contributed by atoms with van der Waals surface area (Å²) in [6.07, 6.45) is 0. The van der Waals surface area contributed by atoms with Gasteiger partial charge in [-0.3, -0.25) is 0 Å². The zero-order chi connectivity index (χ0) is 14.9. The molecule has 0 saturated carbocycles. The second kappa shape index (κ2) is 10.3. The molecule has 0 radical (unpaired) electrons. The molecule has 0 saturated heterocycles. The first kappa shape index (κ1) is 18.6. The Kier molecular flexibility index (Phi) is 8.72. The van der Waals surface area contributed by atoms with E-state index in [9.17, 15) is 0 Å². The second-order valence-corrected chi connectivity index (χ2v) is 6.96. The molecule has 0 atom stereocenters. The van der Waals surface area contributed by atoms with E-state index in [4.69, 9.17) is 0 Å². The highest BCUT2D eigenvalue weighted by atomic mass is 127. The Labute approximate surface area is 151 Å². The maximum absolute atomic E-state index is 3.00. The fourth-order valence-electron chi connectivity index (χ4n) is 2.31. The summed E-state index contributed by atoms with van der Waals surface area (Å²) in [5.41, 5.74) is 0. The van der Waals surface area contributed by atoms with Crippen LogP contribution in [-0.2, 0) is 0 Å². The molecule has 0 aliphatic carbocycles. The van der Waals surface area contributed by atoms with E-state index in [0.717, 1.165) is 0 Å². The normalized spacial score (nSPS) is 9.32. The van der Waals surface area contributed by atoms with E-state index in [1.807, 2.05) is 0 Å². The molecule has 3 rings (SSSR count). The molecule has 0 heterocycles. The summed E-state index contributed by atoms with van der Waals surface area (Å²) in [6, 6.07) is 32.5. The predicted molar refractivity (Wildman–Crippen MR) is 97.8 cm³/mol. The molecule has 0 aliphatic heterocycles. The van der Waals surface area contributed by atoms with Crippen LogP contribution in [0.4, 0.5) is 0 Å². The third kappa shape index (κ3) is 4.79. The van der Waals surface area contributed by atoms with Crippen LogP contribution in [0.3, 0.4) is 0 Å². The summed E-state index contributed by atoms with van der Waals surface area (Å²) in [7, 11) is -0.877. The molecule has 22 heavy (non-hydrogen) atoms. The van der Waals surface area contributed by atoms with Gasteiger partial charge in [-0.15, -0.1) is 13.2 Å². The Morgan fingerprint density at radius 3 is 0.909 bits per heavy atom. The van der Waals surface area contributed by atoms with Crippen molar-refractivity contribution in [1.29, 1.82) is 0 Å². The van der Waals surface area contributed by atoms with Crippen molar-refractivity contribution < 1.29 is 24.0 Å². The van der Waals surface area contributed by atoms with Crippen molar-refractivity contribution in [3.05, 3.63) is 104 Å². The van der Waals surface area contributed by atoms with Crippen molar-refractivity contribution >= 4 is 23.8 Å². The Hall–Kier alpha value is -1.44. The van der Waals surface area contributed by atoms with Crippen molar-refractivity contribution in [2.75, 3.05) is 0 Å². The van der Waals surface area contributed by atoms with Gasteiger partial charge in [0.15, 0.2) is 0 Å². The lowest BCUT2D eigenvalue weighted by atomic mass is 10.4. The van der Waals surface area contributed by atoms with E-state index in [1.54, 1.807) is 0 Å². The second-order valence-electron chi connectivity index (χ2n) is 4.47. The molecule has 0 N–H and O–H groups in total. The zero-order valence-electron chi connectivity index (χ0n) is 12.5. The van der Waals surface area contributed by atoms with Crippen molar-refractivity contribution in [2.45, 2.75) is 0 Å². The number of benzene rings is 3. The first-order chi connectivity index (χ1) is 10.4. The molecule has 0 bridgehead atoms. The maximum atomic E-state index is 3.00. The third-order valence-electron chi connectivity index (χ3n) is 3.19. The van der Waals surface area contributed by atoms with Gasteiger partial charge in [-0.2, -0.15) is 0 Å². The largest absolute Gasteiger partial charge is 1.00 e. The zero-order valence-corrected chi connectivity index (χ0v) is 15.6. The van der Waals surface area contributed by atoms with Crippen LogP contribution in [-0.4, -0.2) is 0 Å². The van der Waals surface area contributed by atoms with E-state index in [0.29, 0.717) is 0 Å². The van der Waals surface area contributed by atoms with Gasteiger partial charge in [-0.25, -0.2) is 0 Å². The highest BCUT2D eigenvalue weighted by Gasteiger charge is 2.24. The van der Waals surface area contributed by atoms with Crippen LogP contribution < -0.4 is 39.9 Å². The van der Waals surface area contributed by atoms with Gasteiger partial charge in [0.05, 0.1) is 7.92 Å². The van der Waals surface area contributed by atoms with Gasteiger partial charge >= 0.3 is 0 Å². The SMILES string of the molecule is C=C.[I-].c1ccc([PH+](c2ccccc2)c2ccccc2)cc1. The molecule has 0 unspecified atom stereocenters. The van der Waals surface area contributed by atoms with Crippen LogP contribution in [0.2, 0.25) is 0 Å². The van der Waals surface area contributed by atoms with E-state index in [-0.39, 0.29) is 24.0 Å². The average Bonchev–Trinajstić information content (AvgIpc) is 2.60. The van der Waals surface area contributed by atoms with Crippen LogP contribution in [0.15, 0.2) is 104 Å². The van der Waals surface area contributed by atoms with Crippen molar-refractivity contribution in [3.8, 4) is 0 Å². The number of hydrogen-bond acceptors (Lipinski definition) is 0. The topological polar surface area (TPSA) is 0 Å². The fraction of sp³-hybridized carbons (Fsp3) is 0. The Morgan fingerprint density at radius 2 is 0.682 bits per heavy atom. The van der Waals surface area contributed by atoms with Crippen LogP contribution in [0, 0.1) is 0 Å². The Morgan fingerprint density at radius 1 is 0.455 bits per heavy atom. The van der Waals surface area contributed by atoms with Gasteiger partial charge in [0, 0.05) is 0 Å². The highest BCUT2D eigenvalue weighted by molar-refractivity contribution is 7.79. The third-order valence-corrected chi connectivity index (χ3v) is 5.92. The summed E-state index contributed by atoms with van der Waals surface area (Å²) < 4.78 is 0. The van der Waals surface area contributed by atoms with Gasteiger partial charge in [0.25, 0.3) is 0 Å². The highest BCUT2D eigenvalue weighted by Crippen LogP contribution is 2.32. The van der Waals surface area contributed by atoms with E-state index >= 15 is 0 Å². The quantitative estimate of drug-likeness (QED) is 0.338. The number of hydrogen-bond donors (Lipinski definition) is 0. The molecule has 0 aliphatic rings. The molecule has 3 aromatic rings. The van der Waals surface area contributed by atoms with Crippen molar-refractivity contribution in [3.63, 3.8) is 0 Å². The van der Waals surface area contributed by atoms with Crippen LogP contribution in [0.5, 0.6) is 0 Å². The molecule has 2 heteroatoms. The molecule has 3 aromatic carbocycles. The summed E-state index contributed by atoms with van der Waals surface area (Å²) in [4.78, 5) is 0. The van der Waals surface area contributed by atoms with Gasteiger partial charge in [0.1, 0.15) is 15.9 Å². The van der Waals surface area contributed by atoms with Crippen LogP contribution >= 0.6 is 7.92 Å². The lowest BCUT2D eigenvalue weighted by Crippen LogP contribution is -3.00. The number of rotatable bonds is 3. The molecule has 112 valence electrons. The van der Waals surface area contributed by atoms with Gasteiger partial charge in [0.2, 0.25) is 0 Å². The van der Waals surface area contributed by atoms with Gasteiger partial charge < -0.3 is 24.0 Å². The number of halogens is 1. The minimum absolute atomic E-state index is 0. The first-order valence-corrected chi connectivity index (χ1v) is 8.48. The lowest BCUT2D eigenvalue weighted by Gasteiger charge is -2.10. The maximum Gasteiger partial charge on any atom is 0.102 e. The smallest absolute Gasteiger partial charge is 0.102 e. The molecule has 0 nitrogen and oxygen atoms in total. The molecular weight excluding hydrogens is 398 g/mol. The van der Waals surface area contributed by atoms with Gasteiger partial charge in [-0.1, -0.05) is 54.6 Å². The monoisotopic (exact) mass is 418 g/mol. The average molecular weight is 418 g/mol. The Balaban J connectivity index is 0.000000775. The minimum atomic E-state index is -0.877. The van der Waals surface area contributed by atoms with Crippen LogP contribution in [0.25, 0.3) is 0 Å². The summed E-state index contributed by atoms with van der Waals surface area (Å²) in [6.45, 7) is 6.00. The van der Waals surface area contributed by atoms with Crippen molar-refractivity contribution in [2.24, 2.45) is 0 Å². The summed E-state index contributed by atoms with van der Waals surface area (Å²) >= 11 is 0. The summed E-state index contributed by atoms with van der Waals surface area (Å²) in [5.74, 6) is 0. The van der Waals surface area contributed by atoms with E-state index < -0.39 is 7.92 Å². The van der Waals surface area contributed by atoms with E-state index in [2.05, 4.69) is 104 Å². The molecule has 0 amide bonds. The molecular formula is C20H20IP. The minimum Gasteiger partial charge on any atom is -1.00 e. The predicted octanol–water partition coefficient (Wildman–Crippen LogP) is 0.983. The lowest BCUT2D eigenvalue weighted by molar-refractivity contribution is -0.00000405. The van der Waals surface area contributed by atoms with E-state index in [1.165, 1.54) is 15.9 Å². The first-order valence-electron chi connectivity index (χ1n) is 6.98. The summed E-state index contributed by atoms with van der Waals surface area (Å²) in [5, 5.41) is 4.31. The van der Waals surface area contributed by atoms with Crippen LogP contribution in [0.1, 0.15) is 0 Å². The molecule has 0 spiro atoms. The van der Waals surface area contributed by atoms with Crippen molar-refractivity contribution in [1.82, 2.24) is 0 Å². The molecule has 0 aromatic heterocycles. The standard InChI is InChI=1S/C18H15P.C2H4.HI/c1-4-10-16(11-5-1)19(17-12-6-2-7-13-17)18-14-8-3-9-15-18;1-2;/h1-15H;1-2H2;1H. The fourth-order valence-corrected chi connectivity index (χ4v) is 4.89. The Bertz CT molecular complexity index is 544. The molecule has 0 fully saturated rings.